The van der Waals surface area contributed by atoms with E-state index in [0.29, 0.717) is 18.8 Å². The van der Waals surface area contributed by atoms with Gasteiger partial charge in [-0.15, -0.1) is 11.3 Å². The van der Waals surface area contributed by atoms with E-state index in [1.54, 1.807) is 17.5 Å². The lowest BCUT2D eigenvalue weighted by Gasteiger charge is -2.25. The Labute approximate surface area is 172 Å². The van der Waals surface area contributed by atoms with Crippen molar-refractivity contribution in [1.29, 1.82) is 0 Å². The average molecular weight is 408 g/mol. The molecule has 1 saturated heterocycles. The average Bonchev–Trinajstić information content (AvgIpc) is 3.29. The number of aromatic nitrogens is 1. The molecular formula is C21H20N4O3S. The van der Waals surface area contributed by atoms with E-state index in [2.05, 4.69) is 20.7 Å². The predicted molar refractivity (Wildman–Crippen MR) is 112 cm³/mol. The van der Waals surface area contributed by atoms with Gasteiger partial charge < -0.3 is 9.64 Å². The molecule has 0 spiro atoms. The van der Waals surface area contributed by atoms with Gasteiger partial charge in [0.2, 0.25) is 0 Å². The lowest BCUT2D eigenvalue weighted by atomic mass is 10.0. The molecule has 0 aliphatic carbocycles. The zero-order valence-electron chi connectivity index (χ0n) is 15.6. The number of benzene rings is 2. The van der Waals surface area contributed by atoms with Gasteiger partial charge in [-0.05, 0) is 23.3 Å². The first-order chi connectivity index (χ1) is 14.2. The van der Waals surface area contributed by atoms with Crippen molar-refractivity contribution in [3.05, 3.63) is 71.2 Å². The minimum atomic E-state index is -0.449. The zero-order valence-corrected chi connectivity index (χ0v) is 16.4. The maximum atomic E-state index is 12.3. The van der Waals surface area contributed by atoms with Gasteiger partial charge in [0.1, 0.15) is 5.69 Å². The number of morpholine rings is 1. The van der Waals surface area contributed by atoms with Crippen molar-refractivity contribution >= 4 is 28.3 Å². The number of hydrogen-bond donors (Lipinski definition) is 2. The lowest BCUT2D eigenvalue weighted by molar-refractivity contribution is 0.0844. The number of thiazole rings is 1. The maximum absolute atomic E-state index is 12.3. The van der Waals surface area contributed by atoms with Crippen LogP contribution in [-0.4, -0.2) is 43.1 Å². The molecule has 2 N–H and O–H groups in total. The Hall–Kier alpha value is -3.23. The first-order valence-electron chi connectivity index (χ1n) is 9.25. The van der Waals surface area contributed by atoms with Crippen LogP contribution >= 0.6 is 11.3 Å². The Bertz CT molecular complexity index is 983. The summed E-state index contributed by atoms with van der Waals surface area (Å²) < 4.78 is 5.32. The smallest absolute Gasteiger partial charge is 0.289 e. The summed E-state index contributed by atoms with van der Waals surface area (Å²) in [6, 6.07) is 17.1. The number of ether oxygens (including phenoxy) is 1. The third-order valence-corrected chi connectivity index (χ3v) is 5.45. The first kappa shape index (κ1) is 19.1. The number of rotatable bonds is 4. The van der Waals surface area contributed by atoms with E-state index in [9.17, 15) is 9.59 Å². The van der Waals surface area contributed by atoms with E-state index in [1.165, 1.54) is 11.3 Å². The number of anilines is 1. The van der Waals surface area contributed by atoms with Crippen molar-refractivity contribution in [3.8, 4) is 11.1 Å². The molecule has 0 radical (unpaired) electrons. The van der Waals surface area contributed by atoms with Crippen molar-refractivity contribution < 1.29 is 14.3 Å². The Morgan fingerprint density at radius 2 is 1.55 bits per heavy atom. The molecule has 8 heteroatoms. The van der Waals surface area contributed by atoms with Crippen LogP contribution < -0.4 is 15.8 Å². The summed E-state index contributed by atoms with van der Waals surface area (Å²) in [6.07, 6.45) is 0. The molecule has 29 heavy (non-hydrogen) atoms. The van der Waals surface area contributed by atoms with Gasteiger partial charge in [0.15, 0.2) is 5.13 Å². The van der Waals surface area contributed by atoms with E-state index in [0.717, 1.165) is 29.3 Å². The topological polar surface area (TPSA) is 83.6 Å². The number of amides is 2. The highest BCUT2D eigenvalue weighted by molar-refractivity contribution is 7.13. The fourth-order valence-electron chi connectivity index (χ4n) is 2.96. The minimum Gasteiger partial charge on any atom is -0.378 e. The van der Waals surface area contributed by atoms with Crippen LogP contribution in [0.5, 0.6) is 0 Å². The molecule has 4 rings (SSSR count). The molecule has 0 unspecified atom stereocenters. The molecule has 1 aromatic heterocycles. The summed E-state index contributed by atoms with van der Waals surface area (Å²) in [5.41, 5.74) is 7.68. The van der Waals surface area contributed by atoms with Crippen molar-refractivity contribution in [3.63, 3.8) is 0 Å². The highest BCUT2D eigenvalue weighted by Crippen LogP contribution is 2.21. The summed E-state index contributed by atoms with van der Waals surface area (Å²) in [6.45, 7) is 2.81. The Morgan fingerprint density at radius 3 is 2.28 bits per heavy atom. The molecule has 3 aromatic rings. The van der Waals surface area contributed by atoms with Crippen LogP contribution in [0.1, 0.15) is 20.8 Å². The van der Waals surface area contributed by atoms with Crippen LogP contribution in [0.15, 0.2) is 60.0 Å². The third kappa shape index (κ3) is 4.61. The second-order valence-electron chi connectivity index (χ2n) is 6.47. The van der Waals surface area contributed by atoms with Crippen LogP contribution in [0, 0.1) is 0 Å². The Balaban J connectivity index is 1.33. The minimum absolute atomic E-state index is 0.274. The van der Waals surface area contributed by atoms with Gasteiger partial charge in [-0.25, -0.2) is 4.98 Å². The van der Waals surface area contributed by atoms with Crippen LogP contribution in [0.3, 0.4) is 0 Å². The molecule has 0 saturated carbocycles. The quantitative estimate of drug-likeness (QED) is 0.649. The Morgan fingerprint density at radius 1 is 0.897 bits per heavy atom. The van der Waals surface area contributed by atoms with Gasteiger partial charge in [0.05, 0.1) is 13.2 Å². The molecular weight excluding hydrogens is 388 g/mol. The van der Waals surface area contributed by atoms with Gasteiger partial charge in [-0.3, -0.25) is 20.4 Å². The van der Waals surface area contributed by atoms with Crippen molar-refractivity contribution in [1.82, 2.24) is 15.8 Å². The summed E-state index contributed by atoms with van der Waals surface area (Å²) in [5.74, 6) is -0.836. The predicted octanol–water partition coefficient (Wildman–Crippen LogP) is 2.72. The molecule has 0 atom stereocenters. The number of carbonyl (C=O) groups is 2. The van der Waals surface area contributed by atoms with Gasteiger partial charge in [0, 0.05) is 24.0 Å². The fraction of sp³-hybridized carbons (Fsp3) is 0.190. The largest absolute Gasteiger partial charge is 0.378 e. The standard InChI is InChI=1S/C21H20N4O3S/c26-19(17-8-6-16(7-9-17)15-4-2-1-3-5-15)23-24-20(27)18-14-29-21(22-18)25-10-12-28-13-11-25/h1-9,14H,10-13H2,(H,23,26)(H,24,27). The Kier molecular flexibility index (Phi) is 5.83. The van der Waals surface area contributed by atoms with E-state index in [-0.39, 0.29) is 11.6 Å². The number of hydrazine groups is 1. The second kappa shape index (κ2) is 8.85. The van der Waals surface area contributed by atoms with Crippen molar-refractivity contribution in [2.75, 3.05) is 31.2 Å². The SMILES string of the molecule is O=C(NNC(=O)c1csc(N2CCOCC2)n1)c1ccc(-c2ccccc2)cc1. The second-order valence-corrected chi connectivity index (χ2v) is 7.30. The van der Waals surface area contributed by atoms with Gasteiger partial charge >= 0.3 is 0 Å². The van der Waals surface area contributed by atoms with E-state index < -0.39 is 5.91 Å². The molecule has 2 aromatic carbocycles. The highest BCUT2D eigenvalue weighted by Gasteiger charge is 2.18. The van der Waals surface area contributed by atoms with E-state index in [1.807, 2.05) is 42.5 Å². The molecule has 7 nitrogen and oxygen atoms in total. The molecule has 148 valence electrons. The normalized spacial score (nSPS) is 13.7. The number of nitrogens with zero attached hydrogens (tertiary/aromatic N) is 2. The van der Waals surface area contributed by atoms with Crippen LogP contribution in [0.25, 0.3) is 11.1 Å². The zero-order chi connectivity index (χ0) is 20.1. The van der Waals surface area contributed by atoms with Gasteiger partial charge in [0.25, 0.3) is 11.8 Å². The van der Waals surface area contributed by atoms with E-state index >= 15 is 0 Å². The number of carbonyl (C=O) groups excluding carboxylic acids is 2. The lowest BCUT2D eigenvalue weighted by Crippen LogP contribution is -2.41. The highest BCUT2D eigenvalue weighted by atomic mass is 32.1. The van der Waals surface area contributed by atoms with Crippen LogP contribution in [0.2, 0.25) is 0 Å². The first-order valence-corrected chi connectivity index (χ1v) is 10.1. The summed E-state index contributed by atoms with van der Waals surface area (Å²) >= 11 is 1.40. The molecule has 1 aliphatic heterocycles. The van der Waals surface area contributed by atoms with Crippen molar-refractivity contribution in [2.45, 2.75) is 0 Å². The summed E-state index contributed by atoms with van der Waals surface area (Å²) in [5, 5.41) is 2.46. The molecule has 1 fully saturated rings. The van der Waals surface area contributed by atoms with E-state index in [4.69, 9.17) is 4.74 Å². The van der Waals surface area contributed by atoms with Crippen LogP contribution in [0.4, 0.5) is 5.13 Å². The van der Waals surface area contributed by atoms with Gasteiger partial charge in [-0.1, -0.05) is 42.5 Å². The van der Waals surface area contributed by atoms with Crippen molar-refractivity contribution in [2.24, 2.45) is 0 Å². The monoisotopic (exact) mass is 408 g/mol. The van der Waals surface area contributed by atoms with Gasteiger partial charge in [-0.2, -0.15) is 0 Å². The molecule has 1 aliphatic rings. The third-order valence-electron chi connectivity index (χ3n) is 4.55. The molecule has 0 bridgehead atoms. The fourth-order valence-corrected chi connectivity index (χ4v) is 3.82. The number of nitrogens with one attached hydrogen (secondary N) is 2. The summed E-state index contributed by atoms with van der Waals surface area (Å²) in [4.78, 5) is 31.0. The molecule has 2 heterocycles. The number of hydrogen-bond acceptors (Lipinski definition) is 6. The summed E-state index contributed by atoms with van der Waals surface area (Å²) in [7, 11) is 0. The maximum Gasteiger partial charge on any atom is 0.289 e. The van der Waals surface area contributed by atoms with Crippen LogP contribution in [-0.2, 0) is 4.74 Å². The molecule has 2 amide bonds.